The number of hydrogen-bond acceptors (Lipinski definition) is 3. The van der Waals surface area contributed by atoms with Gasteiger partial charge in [0.15, 0.2) is 0 Å². The van der Waals surface area contributed by atoms with E-state index in [2.05, 4.69) is 32.2 Å². The van der Waals surface area contributed by atoms with Gasteiger partial charge in [0.05, 0.1) is 5.56 Å². The van der Waals surface area contributed by atoms with Crippen LogP contribution >= 0.6 is 11.8 Å². The fourth-order valence-corrected chi connectivity index (χ4v) is 3.75. The van der Waals surface area contributed by atoms with Gasteiger partial charge in [-0.2, -0.15) is 11.8 Å². The average Bonchev–Trinajstić information content (AvgIpc) is 2.52. The highest BCUT2D eigenvalue weighted by atomic mass is 32.2. The van der Waals surface area contributed by atoms with Crippen molar-refractivity contribution in [3.63, 3.8) is 0 Å². The third-order valence-electron chi connectivity index (χ3n) is 3.85. The molecule has 1 aromatic rings. The summed E-state index contributed by atoms with van der Waals surface area (Å²) in [7, 11) is 0. The first-order valence-electron chi connectivity index (χ1n) is 7.91. The Bertz CT molecular complexity index is 490. The van der Waals surface area contributed by atoms with E-state index in [1.165, 1.54) is 5.56 Å². The van der Waals surface area contributed by atoms with Crippen LogP contribution in [0.1, 0.15) is 42.6 Å². The molecule has 1 saturated heterocycles. The topological polar surface area (TPSA) is 32.3 Å². The molecule has 116 valence electrons. The molecule has 1 heterocycles. The molecule has 1 aliphatic rings. The van der Waals surface area contributed by atoms with E-state index in [4.69, 9.17) is 0 Å². The van der Waals surface area contributed by atoms with Crippen molar-refractivity contribution in [1.29, 1.82) is 0 Å². The van der Waals surface area contributed by atoms with E-state index in [9.17, 15) is 4.79 Å². The fraction of sp³-hybridized carbons (Fsp3) is 0.588. The molecule has 0 radical (unpaired) electrons. The minimum atomic E-state index is 0.173. The average molecular weight is 306 g/mol. The van der Waals surface area contributed by atoms with Crippen molar-refractivity contribution < 1.29 is 4.79 Å². The number of thioether (sulfide) groups is 1. The molecular weight excluding hydrogens is 280 g/mol. The number of carbonyl (C=O) groups excluding carboxylic acids is 1. The lowest BCUT2D eigenvalue weighted by atomic mass is 10.1. The largest absolute Gasteiger partial charge is 0.384 e. The second kappa shape index (κ2) is 7.74. The van der Waals surface area contributed by atoms with E-state index in [1.807, 2.05) is 28.8 Å². The number of rotatable bonds is 5. The molecule has 1 amide bonds. The minimum absolute atomic E-state index is 0.173. The molecule has 21 heavy (non-hydrogen) atoms. The maximum atomic E-state index is 12.8. The van der Waals surface area contributed by atoms with Crippen LogP contribution in [-0.4, -0.2) is 41.4 Å². The Labute approximate surface area is 132 Å². The summed E-state index contributed by atoms with van der Waals surface area (Å²) in [5.74, 6) is 1.22. The molecule has 0 aromatic heterocycles. The van der Waals surface area contributed by atoms with Gasteiger partial charge in [0.25, 0.3) is 5.91 Å². The zero-order chi connectivity index (χ0) is 15.2. The van der Waals surface area contributed by atoms with E-state index < -0.39 is 0 Å². The van der Waals surface area contributed by atoms with Crippen LogP contribution in [0.25, 0.3) is 0 Å². The van der Waals surface area contributed by atoms with Crippen LogP contribution < -0.4 is 5.32 Å². The summed E-state index contributed by atoms with van der Waals surface area (Å²) in [6.45, 7) is 9.04. The van der Waals surface area contributed by atoms with Gasteiger partial charge < -0.3 is 10.2 Å². The van der Waals surface area contributed by atoms with Crippen molar-refractivity contribution in [3.8, 4) is 0 Å². The van der Waals surface area contributed by atoms with Gasteiger partial charge in [-0.1, -0.05) is 19.9 Å². The maximum Gasteiger partial charge on any atom is 0.256 e. The lowest BCUT2D eigenvalue weighted by Crippen LogP contribution is -2.42. The highest BCUT2D eigenvalue weighted by molar-refractivity contribution is 8.00. The van der Waals surface area contributed by atoms with Gasteiger partial charge in [0, 0.05) is 36.3 Å². The number of nitrogens with one attached hydrogen (secondary N) is 1. The van der Waals surface area contributed by atoms with E-state index >= 15 is 0 Å². The van der Waals surface area contributed by atoms with Crippen LogP contribution in [0.15, 0.2) is 18.2 Å². The summed E-state index contributed by atoms with van der Waals surface area (Å²) in [5, 5.41) is 3.98. The van der Waals surface area contributed by atoms with Crippen LogP contribution in [0.2, 0.25) is 0 Å². The zero-order valence-corrected chi connectivity index (χ0v) is 14.1. The summed E-state index contributed by atoms with van der Waals surface area (Å²) >= 11 is 1.99. The summed E-state index contributed by atoms with van der Waals surface area (Å²) in [6.07, 6.45) is 2.18. The molecule has 0 saturated carbocycles. The Morgan fingerprint density at radius 1 is 1.43 bits per heavy atom. The van der Waals surface area contributed by atoms with Gasteiger partial charge in [-0.05, 0) is 37.5 Å². The molecule has 0 bridgehead atoms. The minimum Gasteiger partial charge on any atom is -0.384 e. The number of anilines is 1. The van der Waals surface area contributed by atoms with Crippen molar-refractivity contribution >= 4 is 23.4 Å². The molecular formula is C17H26N2OS. The predicted molar refractivity (Wildman–Crippen MR) is 92.4 cm³/mol. The normalized spacial score (nSPS) is 18.6. The number of carbonyl (C=O) groups is 1. The van der Waals surface area contributed by atoms with Gasteiger partial charge in [-0.25, -0.2) is 0 Å². The predicted octanol–water partition coefficient (Wildman–Crippen LogP) is 3.78. The number of hydrogen-bond donors (Lipinski definition) is 1. The van der Waals surface area contributed by atoms with E-state index in [1.54, 1.807) is 0 Å². The molecule has 1 aromatic carbocycles. The molecule has 0 aliphatic carbocycles. The van der Waals surface area contributed by atoms with E-state index in [0.717, 1.165) is 49.5 Å². The summed E-state index contributed by atoms with van der Waals surface area (Å²) in [5.41, 5.74) is 2.98. The lowest BCUT2D eigenvalue weighted by Gasteiger charge is -2.32. The Morgan fingerprint density at radius 2 is 2.24 bits per heavy atom. The highest BCUT2D eigenvalue weighted by Gasteiger charge is 2.25. The van der Waals surface area contributed by atoms with Crippen molar-refractivity contribution in [3.05, 3.63) is 29.3 Å². The van der Waals surface area contributed by atoms with Crippen molar-refractivity contribution in [2.45, 2.75) is 38.9 Å². The molecule has 3 nitrogen and oxygen atoms in total. The second-order valence-corrected chi connectivity index (χ2v) is 7.04. The monoisotopic (exact) mass is 306 g/mol. The van der Waals surface area contributed by atoms with Crippen LogP contribution in [0.4, 0.5) is 5.69 Å². The summed E-state index contributed by atoms with van der Waals surface area (Å²) in [6, 6.07) is 6.08. The van der Waals surface area contributed by atoms with Crippen molar-refractivity contribution in [2.75, 3.05) is 30.7 Å². The summed E-state index contributed by atoms with van der Waals surface area (Å²) in [4.78, 5) is 14.9. The molecule has 1 aliphatic heterocycles. The molecule has 1 N–H and O–H groups in total. The molecule has 2 rings (SSSR count). The Balaban J connectivity index is 2.17. The lowest BCUT2D eigenvalue weighted by molar-refractivity contribution is 0.0762. The van der Waals surface area contributed by atoms with Gasteiger partial charge >= 0.3 is 0 Å². The van der Waals surface area contributed by atoms with Crippen LogP contribution in [0, 0.1) is 6.92 Å². The van der Waals surface area contributed by atoms with Gasteiger partial charge in [-0.15, -0.1) is 0 Å². The SMILES string of the molecule is CCCNc1cc(C)ccc1C(=O)N1CCSC(CC)C1. The first-order valence-corrected chi connectivity index (χ1v) is 8.96. The zero-order valence-electron chi connectivity index (χ0n) is 13.3. The second-order valence-electron chi connectivity index (χ2n) is 5.63. The molecule has 0 spiro atoms. The first kappa shape index (κ1) is 16.2. The van der Waals surface area contributed by atoms with Crippen LogP contribution in [-0.2, 0) is 0 Å². The third-order valence-corrected chi connectivity index (χ3v) is 5.22. The quantitative estimate of drug-likeness (QED) is 0.898. The van der Waals surface area contributed by atoms with E-state index in [0.29, 0.717) is 5.25 Å². The first-order chi connectivity index (χ1) is 10.2. The standard InChI is InChI=1S/C17H26N2OS/c1-4-8-18-16-11-13(3)6-7-15(16)17(20)19-9-10-21-14(5-2)12-19/h6-7,11,14,18H,4-5,8-10,12H2,1-3H3. The molecule has 1 atom stereocenters. The fourth-order valence-electron chi connectivity index (χ4n) is 2.57. The van der Waals surface area contributed by atoms with Crippen molar-refractivity contribution in [1.82, 2.24) is 4.90 Å². The van der Waals surface area contributed by atoms with Gasteiger partial charge in [-0.3, -0.25) is 4.79 Å². The number of benzene rings is 1. The van der Waals surface area contributed by atoms with Gasteiger partial charge in [0.1, 0.15) is 0 Å². The number of aryl methyl sites for hydroxylation is 1. The smallest absolute Gasteiger partial charge is 0.256 e. The molecule has 1 fully saturated rings. The summed E-state index contributed by atoms with van der Waals surface area (Å²) < 4.78 is 0. The Kier molecular flexibility index (Phi) is 5.97. The van der Waals surface area contributed by atoms with Crippen LogP contribution in [0.5, 0.6) is 0 Å². The van der Waals surface area contributed by atoms with E-state index in [-0.39, 0.29) is 5.91 Å². The van der Waals surface area contributed by atoms with Crippen molar-refractivity contribution in [2.24, 2.45) is 0 Å². The third kappa shape index (κ3) is 4.16. The maximum absolute atomic E-state index is 12.8. The van der Waals surface area contributed by atoms with Gasteiger partial charge in [0.2, 0.25) is 0 Å². The molecule has 4 heteroatoms. The highest BCUT2D eigenvalue weighted by Crippen LogP contribution is 2.25. The number of amides is 1. The molecule has 1 unspecified atom stereocenters. The Hall–Kier alpha value is -1.16. The Morgan fingerprint density at radius 3 is 2.95 bits per heavy atom. The number of nitrogens with zero attached hydrogens (tertiary/aromatic N) is 1. The van der Waals surface area contributed by atoms with Crippen LogP contribution in [0.3, 0.4) is 0 Å².